The number of rotatable bonds is 5. The summed E-state index contributed by atoms with van der Waals surface area (Å²) in [6.07, 6.45) is -1.00. The summed E-state index contributed by atoms with van der Waals surface area (Å²) in [5.41, 5.74) is 1.76. The number of amides is 2. The Morgan fingerprint density at radius 2 is 1.64 bits per heavy atom. The number of anilines is 2. The van der Waals surface area contributed by atoms with Crippen LogP contribution in [0.4, 0.5) is 11.4 Å². The molecule has 1 aromatic carbocycles. The van der Waals surface area contributed by atoms with E-state index in [1.54, 1.807) is 38.1 Å². The summed E-state index contributed by atoms with van der Waals surface area (Å²) >= 11 is 0. The Balaban J connectivity index is 1.96. The smallest absolute Gasteiger partial charge is 0.344 e. The van der Waals surface area contributed by atoms with Crippen molar-refractivity contribution in [3.8, 4) is 0 Å². The molecule has 132 valence electrons. The third kappa shape index (κ3) is 4.66. The molecule has 0 saturated carbocycles. The fraction of sp³-hybridized carbons (Fsp3) is 0.294. The third-order valence-corrected chi connectivity index (χ3v) is 3.36. The van der Waals surface area contributed by atoms with Gasteiger partial charge in [-0.25, -0.2) is 4.79 Å². The average Bonchev–Trinajstić information content (AvgIpc) is 2.87. The van der Waals surface area contributed by atoms with E-state index in [9.17, 15) is 14.4 Å². The Bertz CT molecular complexity index is 776. The zero-order chi connectivity index (χ0) is 18.6. The van der Waals surface area contributed by atoms with Gasteiger partial charge < -0.3 is 19.9 Å². The van der Waals surface area contributed by atoms with Crippen molar-refractivity contribution in [3.05, 3.63) is 41.3 Å². The minimum absolute atomic E-state index is 0.184. The highest BCUT2D eigenvalue weighted by Crippen LogP contribution is 2.16. The molecule has 1 aromatic heterocycles. The van der Waals surface area contributed by atoms with E-state index in [0.29, 0.717) is 22.8 Å². The van der Waals surface area contributed by atoms with Gasteiger partial charge in [0.2, 0.25) is 5.91 Å². The number of hydrogen-bond donors (Lipinski definition) is 2. The molecule has 0 bridgehead atoms. The van der Waals surface area contributed by atoms with Crippen molar-refractivity contribution in [2.45, 2.75) is 33.8 Å². The molecule has 0 aliphatic rings. The molecule has 2 aromatic rings. The van der Waals surface area contributed by atoms with Gasteiger partial charge in [-0.1, -0.05) is 5.16 Å². The predicted molar refractivity (Wildman–Crippen MR) is 90.2 cm³/mol. The van der Waals surface area contributed by atoms with E-state index in [4.69, 9.17) is 9.26 Å². The summed E-state index contributed by atoms with van der Waals surface area (Å²) < 4.78 is 10.1. The minimum atomic E-state index is -1.00. The van der Waals surface area contributed by atoms with Gasteiger partial charge in [-0.3, -0.25) is 9.59 Å². The lowest BCUT2D eigenvalue weighted by Gasteiger charge is -2.13. The number of esters is 1. The lowest BCUT2D eigenvalue weighted by Crippen LogP contribution is -2.30. The Morgan fingerprint density at radius 1 is 1.08 bits per heavy atom. The second-order valence-electron chi connectivity index (χ2n) is 5.49. The first-order valence-corrected chi connectivity index (χ1v) is 7.60. The van der Waals surface area contributed by atoms with Crippen LogP contribution in [0.3, 0.4) is 0 Å². The van der Waals surface area contributed by atoms with E-state index in [1.807, 2.05) is 0 Å². The summed E-state index contributed by atoms with van der Waals surface area (Å²) in [5.74, 6) is -0.993. The van der Waals surface area contributed by atoms with E-state index < -0.39 is 18.0 Å². The highest BCUT2D eigenvalue weighted by atomic mass is 16.5. The molecule has 2 amide bonds. The van der Waals surface area contributed by atoms with E-state index in [-0.39, 0.29) is 11.5 Å². The van der Waals surface area contributed by atoms with Crippen molar-refractivity contribution in [2.75, 3.05) is 10.6 Å². The molecule has 0 fully saturated rings. The van der Waals surface area contributed by atoms with Crippen molar-refractivity contribution in [3.63, 3.8) is 0 Å². The van der Waals surface area contributed by atoms with Crippen LogP contribution in [-0.4, -0.2) is 29.0 Å². The van der Waals surface area contributed by atoms with Crippen LogP contribution in [0.15, 0.2) is 28.8 Å². The summed E-state index contributed by atoms with van der Waals surface area (Å²) in [7, 11) is 0. The largest absolute Gasteiger partial charge is 0.449 e. The maximum atomic E-state index is 12.2. The highest BCUT2D eigenvalue weighted by Gasteiger charge is 2.24. The number of aromatic nitrogens is 1. The van der Waals surface area contributed by atoms with E-state index >= 15 is 0 Å². The summed E-state index contributed by atoms with van der Waals surface area (Å²) in [6, 6.07) is 6.56. The second kappa shape index (κ2) is 7.61. The Morgan fingerprint density at radius 3 is 2.12 bits per heavy atom. The molecule has 0 unspecified atom stereocenters. The number of nitrogens with one attached hydrogen (secondary N) is 2. The van der Waals surface area contributed by atoms with Gasteiger partial charge in [-0.15, -0.1) is 0 Å². The van der Waals surface area contributed by atoms with Crippen molar-refractivity contribution in [1.82, 2.24) is 5.16 Å². The number of benzene rings is 1. The molecule has 2 rings (SSSR count). The van der Waals surface area contributed by atoms with Gasteiger partial charge in [-0.2, -0.15) is 0 Å². The van der Waals surface area contributed by atoms with Crippen LogP contribution in [0.2, 0.25) is 0 Å². The van der Waals surface area contributed by atoms with Crippen molar-refractivity contribution in [2.24, 2.45) is 0 Å². The predicted octanol–water partition coefficient (Wildman–Crippen LogP) is 2.43. The van der Waals surface area contributed by atoms with Gasteiger partial charge in [-0.05, 0) is 45.0 Å². The van der Waals surface area contributed by atoms with Crippen LogP contribution in [0, 0.1) is 13.8 Å². The second-order valence-corrected chi connectivity index (χ2v) is 5.49. The van der Waals surface area contributed by atoms with Crippen molar-refractivity contribution < 1.29 is 23.6 Å². The summed E-state index contributed by atoms with van der Waals surface area (Å²) in [4.78, 5) is 35.2. The Labute approximate surface area is 144 Å². The highest BCUT2D eigenvalue weighted by molar-refractivity contribution is 5.98. The van der Waals surface area contributed by atoms with Crippen LogP contribution >= 0.6 is 0 Å². The summed E-state index contributed by atoms with van der Waals surface area (Å²) in [5, 5.41) is 8.94. The zero-order valence-electron chi connectivity index (χ0n) is 14.4. The molecule has 25 heavy (non-hydrogen) atoms. The van der Waals surface area contributed by atoms with Crippen molar-refractivity contribution >= 4 is 29.2 Å². The maximum Gasteiger partial charge on any atom is 0.344 e. The molecule has 0 aliphatic heterocycles. The number of carbonyl (C=O) groups is 3. The molecule has 8 heteroatoms. The van der Waals surface area contributed by atoms with Gasteiger partial charge in [0.15, 0.2) is 6.10 Å². The number of hydrogen-bond acceptors (Lipinski definition) is 6. The van der Waals surface area contributed by atoms with Gasteiger partial charge in [0, 0.05) is 18.3 Å². The van der Waals surface area contributed by atoms with Gasteiger partial charge in [0.1, 0.15) is 11.3 Å². The first kappa shape index (κ1) is 18.2. The summed E-state index contributed by atoms with van der Waals surface area (Å²) in [6.45, 7) is 6.09. The average molecular weight is 345 g/mol. The Kier molecular flexibility index (Phi) is 5.53. The first-order chi connectivity index (χ1) is 11.8. The molecule has 0 spiro atoms. The van der Waals surface area contributed by atoms with Gasteiger partial charge in [0.05, 0.1) is 5.69 Å². The van der Waals surface area contributed by atoms with Gasteiger partial charge >= 0.3 is 5.97 Å². The van der Waals surface area contributed by atoms with Gasteiger partial charge in [0.25, 0.3) is 5.91 Å². The number of aryl methyl sites for hydroxylation is 2. The van der Waals surface area contributed by atoms with Crippen LogP contribution in [0.5, 0.6) is 0 Å². The molecule has 0 radical (unpaired) electrons. The number of nitrogens with zero attached hydrogens (tertiary/aromatic N) is 1. The van der Waals surface area contributed by atoms with Crippen molar-refractivity contribution in [1.29, 1.82) is 0 Å². The zero-order valence-corrected chi connectivity index (χ0v) is 14.4. The quantitative estimate of drug-likeness (QED) is 0.805. The molecular formula is C17H19N3O5. The van der Waals surface area contributed by atoms with Crippen LogP contribution in [0.1, 0.15) is 35.7 Å². The van der Waals surface area contributed by atoms with Crippen LogP contribution in [0.25, 0.3) is 0 Å². The lowest BCUT2D eigenvalue weighted by molar-refractivity contribution is -0.123. The molecule has 1 heterocycles. The standard InChI is InChI=1S/C17H19N3O5/c1-9-15(10(2)25-20-9)17(23)24-11(3)16(22)19-14-7-5-13(6-8-14)18-12(4)21/h5-8,11H,1-4H3,(H,18,21)(H,19,22)/t11-/m1/s1. The van der Waals surface area contributed by atoms with E-state index in [0.717, 1.165) is 0 Å². The molecule has 0 aliphatic carbocycles. The topological polar surface area (TPSA) is 111 Å². The van der Waals surface area contributed by atoms with Crippen LogP contribution in [-0.2, 0) is 14.3 Å². The molecule has 1 atom stereocenters. The lowest BCUT2D eigenvalue weighted by atomic mass is 10.2. The number of ether oxygens (including phenoxy) is 1. The number of carbonyl (C=O) groups excluding carboxylic acids is 3. The van der Waals surface area contributed by atoms with E-state index in [2.05, 4.69) is 15.8 Å². The SMILES string of the molecule is CC(=O)Nc1ccc(NC(=O)[C@@H](C)OC(=O)c2c(C)noc2C)cc1. The maximum absolute atomic E-state index is 12.2. The monoisotopic (exact) mass is 345 g/mol. The fourth-order valence-electron chi connectivity index (χ4n) is 2.13. The molecule has 8 nitrogen and oxygen atoms in total. The first-order valence-electron chi connectivity index (χ1n) is 7.60. The molecule has 2 N–H and O–H groups in total. The molecular weight excluding hydrogens is 326 g/mol. The fourth-order valence-corrected chi connectivity index (χ4v) is 2.13. The minimum Gasteiger partial charge on any atom is -0.449 e. The van der Waals surface area contributed by atoms with E-state index in [1.165, 1.54) is 13.8 Å². The third-order valence-electron chi connectivity index (χ3n) is 3.36. The Hall–Kier alpha value is -3.16. The molecule has 0 saturated heterocycles. The normalized spacial score (nSPS) is 11.5. The van der Waals surface area contributed by atoms with Crippen LogP contribution < -0.4 is 10.6 Å².